The van der Waals surface area contributed by atoms with Crippen molar-refractivity contribution in [3.05, 3.63) is 24.3 Å². The zero-order chi connectivity index (χ0) is 15.5. The molecule has 3 heterocycles. The minimum Gasteiger partial charge on any atom is -0.461 e. The van der Waals surface area contributed by atoms with Crippen LogP contribution in [0.3, 0.4) is 0 Å². The van der Waals surface area contributed by atoms with E-state index in [1.165, 1.54) is 6.26 Å². The average molecular weight is 304 g/mol. The maximum atomic E-state index is 12.1. The first-order valence-electron chi connectivity index (χ1n) is 7.07. The molecule has 2 amide bonds. The smallest absolute Gasteiger partial charge is 0.238 e. The molecule has 0 spiro atoms. The van der Waals surface area contributed by atoms with Crippen molar-refractivity contribution in [3.8, 4) is 11.6 Å². The summed E-state index contributed by atoms with van der Waals surface area (Å²) >= 11 is 0. The van der Waals surface area contributed by atoms with Gasteiger partial charge in [0.1, 0.15) is 0 Å². The van der Waals surface area contributed by atoms with Gasteiger partial charge in [-0.05, 0) is 18.6 Å². The fourth-order valence-electron chi connectivity index (χ4n) is 2.45. The Hall–Kier alpha value is -2.64. The third-order valence-corrected chi connectivity index (χ3v) is 3.71. The van der Waals surface area contributed by atoms with E-state index in [0.29, 0.717) is 43.4 Å². The number of carbonyl (C=O) groups excluding carboxylic acids is 2. The summed E-state index contributed by atoms with van der Waals surface area (Å²) in [4.78, 5) is 29.0. The number of hydrogen-bond acceptors (Lipinski definition) is 6. The molecule has 8 heteroatoms. The molecule has 2 aromatic rings. The largest absolute Gasteiger partial charge is 0.461 e. The fourth-order valence-corrected chi connectivity index (χ4v) is 2.45. The monoisotopic (exact) mass is 304 g/mol. The molecule has 1 fully saturated rings. The third-order valence-electron chi connectivity index (χ3n) is 3.71. The van der Waals surface area contributed by atoms with E-state index in [9.17, 15) is 9.59 Å². The van der Waals surface area contributed by atoms with E-state index in [4.69, 9.17) is 14.7 Å². The molecular weight excluding hydrogens is 288 g/mol. The summed E-state index contributed by atoms with van der Waals surface area (Å²) < 4.78 is 10.3. The molecule has 1 aliphatic heterocycles. The van der Waals surface area contributed by atoms with Crippen LogP contribution in [-0.4, -0.2) is 39.9 Å². The summed E-state index contributed by atoms with van der Waals surface area (Å²) in [5.41, 5.74) is 5.26. The lowest BCUT2D eigenvalue weighted by Crippen LogP contribution is -2.31. The molecule has 1 atom stereocenters. The second-order valence-corrected chi connectivity index (χ2v) is 5.22. The van der Waals surface area contributed by atoms with Crippen molar-refractivity contribution < 1.29 is 18.5 Å². The Kier molecular flexibility index (Phi) is 3.90. The summed E-state index contributed by atoms with van der Waals surface area (Å²) in [6, 6.07) is 3.46. The molecule has 2 N–H and O–H groups in total. The summed E-state index contributed by atoms with van der Waals surface area (Å²) in [6.45, 7) is 0.962. The lowest BCUT2D eigenvalue weighted by Gasteiger charge is -2.15. The third kappa shape index (κ3) is 3.00. The molecule has 0 saturated carbocycles. The highest BCUT2D eigenvalue weighted by Gasteiger charge is 2.29. The maximum absolute atomic E-state index is 12.1. The van der Waals surface area contributed by atoms with Gasteiger partial charge >= 0.3 is 0 Å². The van der Waals surface area contributed by atoms with Crippen molar-refractivity contribution in [2.75, 3.05) is 13.1 Å². The van der Waals surface area contributed by atoms with E-state index >= 15 is 0 Å². The van der Waals surface area contributed by atoms with Crippen molar-refractivity contribution in [2.45, 2.75) is 19.3 Å². The Balaban J connectivity index is 1.52. The Morgan fingerprint density at radius 1 is 1.45 bits per heavy atom. The van der Waals surface area contributed by atoms with Crippen LogP contribution >= 0.6 is 0 Å². The number of carbonyl (C=O) groups is 2. The van der Waals surface area contributed by atoms with Crippen molar-refractivity contribution in [2.24, 2.45) is 11.7 Å². The number of nitrogens with zero attached hydrogens (tertiary/aromatic N) is 3. The Bertz CT molecular complexity index is 664. The van der Waals surface area contributed by atoms with Gasteiger partial charge in [0, 0.05) is 25.9 Å². The fraction of sp³-hybridized carbons (Fsp3) is 0.429. The van der Waals surface area contributed by atoms with E-state index < -0.39 is 0 Å². The van der Waals surface area contributed by atoms with E-state index in [1.54, 1.807) is 17.0 Å². The summed E-state index contributed by atoms with van der Waals surface area (Å²) in [7, 11) is 0. The van der Waals surface area contributed by atoms with Gasteiger partial charge in [0.15, 0.2) is 5.76 Å². The van der Waals surface area contributed by atoms with Crippen LogP contribution in [0.2, 0.25) is 0 Å². The van der Waals surface area contributed by atoms with Crippen LogP contribution in [0.5, 0.6) is 0 Å². The number of nitrogens with two attached hydrogens (primary N) is 1. The van der Waals surface area contributed by atoms with Crippen molar-refractivity contribution in [1.29, 1.82) is 0 Å². The van der Waals surface area contributed by atoms with Crippen LogP contribution in [0.4, 0.5) is 0 Å². The number of furan rings is 1. The number of amides is 2. The number of aromatic nitrogens is 2. The van der Waals surface area contributed by atoms with Crippen LogP contribution < -0.4 is 5.73 Å². The molecule has 0 aromatic carbocycles. The first-order valence-corrected chi connectivity index (χ1v) is 7.07. The Morgan fingerprint density at radius 2 is 2.32 bits per heavy atom. The first-order chi connectivity index (χ1) is 10.6. The van der Waals surface area contributed by atoms with Crippen molar-refractivity contribution >= 4 is 11.8 Å². The standard InChI is InChI=1S/C14H16N4O4/c15-13(20)9-5-6-18(8-9)12(19)4-3-11-16-14(17-22-11)10-2-1-7-21-10/h1-2,7,9H,3-6,8H2,(H2,15,20). The molecule has 1 aliphatic rings. The highest BCUT2D eigenvalue weighted by Crippen LogP contribution is 2.18. The van der Waals surface area contributed by atoms with Gasteiger partial charge in [-0.1, -0.05) is 5.16 Å². The van der Waals surface area contributed by atoms with E-state index in [2.05, 4.69) is 10.1 Å². The molecule has 2 aromatic heterocycles. The predicted molar refractivity (Wildman–Crippen MR) is 74.2 cm³/mol. The van der Waals surface area contributed by atoms with Crippen LogP contribution in [0.1, 0.15) is 18.7 Å². The highest BCUT2D eigenvalue weighted by atomic mass is 16.5. The molecule has 0 aliphatic carbocycles. The van der Waals surface area contributed by atoms with Gasteiger partial charge in [-0.25, -0.2) is 0 Å². The number of hydrogen-bond donors (Lipinski definition) is 1. The Labute approximate surface area is 126 Å². The van der Waals surface area contributed by atoms with Gasteiger partial charge in [-0.3, -0.25) is 9.59 Å². The Morgan fingerprint density at radius 3 is 3.00 bits per heavy atom. The lowest BCUT2D eigenvalue weighted by atomic mass is 10.1. The van der Waals surface area contributed by atoms with Gasteiger partial charge in [-0.2, -0.15) is 4.98 Å². The van der Waals surface area contributed by atoms with Crippen LogP contribution in [0.15, 0.2) is 27.3 Å². The first kappa shape index (κ1) is 14.3. The predicted octanol–water partition coefficient (Wildman–Crippen LogP) is 0.596. The van der Waals surface area contributed by atoms with Gasteiger partial charge in [0.2, 0.25) is 23.5 Å². The number of primary amides is 1. The molecule has 22 heavy (non-hydrogen) atoms. The second kappa shape index (κ2) is 6.00. The van der Waals surface area contributed by atoms with Gasteiger partial charge in [-0.15, -0.1) is 0 Å². The van der Waals surface area contributed by atoms with E-state index in [-0.39, 0.29) is 24.2 Å². The summed E-state index contributed by atoms with van der Waals surface area (Å²) in [6.07, 6.45) is 2.76. The molecule has 0 radical (unpaired) electrons. The molecule has 1 unspecified atom stereocenters. The van der Waals surface area contributed by atoms with Crippen LogP contribution in [-0.2, 0) is 16.0 Å². The van der Waals surface area contributed by atoms with Crippen molar-refractivity contribution in [1.82, 2.24) is 15.0 Å². The zero-order valence-corrected chi connectivity index (χ0v) is 11.9. The minimum absolute atomic E-state index is 0.0403. The molecule has 1 saturated heterocycles. The zero-order valence-electron chi connectivity index (χ0n) is 11.9. The van der Waals surface area contributed by atoms with Crippen LogP contribution in [0, 0.1) is 5.92 Å². The molecule has 3 rings (SSSR count). The lowest BCUT2D eigenvalue weighted by molar-refractivity contribution is -0.130. The summed E-state index contributed by atoms with van der Waals surface area (Å²) in [5.74, 6) is 0.632. The normalized spacial score (nSPS) is 17.8. The number of aryl methyl sites for hydroxylation is 1. The van der Waals surface area contributed by atoms with E-state index in [1.807, 2.05) is 0 Å². The molecular formula is C14H16N4O4. The number of likely N-dealkylation sites (tertiary alicyclic amines) is 1. The minimum atomic E-state index is -0.352. The average Bonchev–Trinajstić information content (AvgIpc) is 3.23. The molecule has 116 valence electrons. The van der Waals surface area contributed by atoms with Crippen LogP contribution in [0.25, 0.3) is 11.6 Å². The quantitative estimate of drug-likeness (QED) is 0.864. The van der Waals surface area contributed by atoms with Gasteiger partial charge in [0.25, 0.3) is 0 Å². The van der Waals surface area contributed by atoms with Gasteiger partial charge in [0.05, 0.1) is 12.2 Å². The SMILES string of the molecule is NC(=O)C1CCN(C(=O)CCc2nc(-c3ccco3)no2)C1. The molecule has 8 nitrogen and oxygen atoms in total. The number of rotatable bonds is 5. The second-order valence-electron chi connectivity index (χ2n) is 5.22. The molecule has 0 bridgehead atoms. The van der Waals surface area contributed by atoms with Crippen molar-refractivity contribution in [3.63, 3.8) is 0 Å². The highest BCUT2D eigenvalue weighted by molar-refractivity contribution is 5.81. The topological polar surface area (TPSA) is 115 Å². The van der Waals surface area contributed by atoms with E-state index in [0.717, 1.165) is 0 Å². The summed E-state index contributed by atoms with van der Waals surface area (Å²) in [5, 5.41) is 3.80. The van der Waals surface area contributed by atoms with Gasteiger partial charge < -0.3 is 19.6 Å². The maximum Gasteiger partial charge on any atom is 0.238 e.